The van der Waals surface area contributed by atoms with Crippen LogP contribution in [-0.4, -0.2) is 46.8 Å². The molecule has 3 N–H and O–H groups in total. The third kappa shape index (κ3) is 7.55. The molecule has 226 valence electrons. The van der Waals surface area contributed by atoms with Crippen LogP contribution in [-0.2, 0) is 4.74 Å². The van der Waals surface area contributed by atoms with Gasteiger partial charge >= 0.3 is 12.2 Å². The lowest BCUT2D eigenvalue weighted by Gasteiger charge is -2.38. The van der Waals surface area contributed by atoms with Gasteiger partial charge in [0.25, 0.3) is 5.91 Å². The molecule has 4 aromatic rings. The van der Waals surface area contributed by atoms with Gasteiger partial charge in [0.2, 0.25) is 0 Å². The van der Waals surface area contributed by atoms with Gasteiger partial charge in [0.1, 0.15) is 18.0 Å². The van der Waals surface area contributed by atoms with Crippen molar-refractivity contribution in [3.8, 4) is 5.75 Å². The van der Waals surface area contributed by atoms with Crippen molar-refractivity contribution >= 4 is 29.5 Å². The smallest absolute Gasteiger partial charge is 0.480 e. The summed E-state index contributed by atoms with van der Waals surface area (Å²) >= 11 is 0. The summed E-state index contributed by atoms with van der Waals surface area (Å²) < 4.78 is 11.7. The van der Waals surface area contributed by atoms with Gasteiger partial charge in [-0.25, -0.2) is 9.59 Å². The first-order chi connectivity index (χ1) is 21.4. The molecule has 9 nitrogen and oxygen atoms in total. The van der Waals surface area contributed by atoms with Crippen LogP contribution in [0, 0.1) is 0 Å². The molecule has 0 radical (unpaired) electrons. The highest BCUT2D eigenvalue weighted by atomic mass is 16.7. The summed E-state index contributed by atoms with van der Waals surface area (Å²) in [5.41, 5.74) is 3.17. The number of likely N-dealkylation sites (tertiary alicyclic amines) is 1. The molecular formula is C35H35N3O6. The number of amides is 3. The molecule has 0 saturated carbocycles. The van der Waals surface area contributed by atoms with Crippen LogP contribution in [0.2, 0.25) is 0 Å². The molecule has 1 aliphatic rings. The first kappa shape index (κ1) is 30.2. The molecule has 1 saturated heterocycles. The average Bonchev–Trinajstić information content (AvgIpc) is 3.04. The van der Waals surface area contributed by atoms with Crippen molar-refractivity contribution in [2.24, 2.45) is 0 Å². The Morgan fingerprint density at radius 2 is 1.43 bits per heavy atom. The van der Waals surface area contributed by atoms with Crippen LogP contribution in [0.3, 0.4) is 0 Å². The van der Waals surface area contributed by atoms with Crippen molar-refractivity contribution in [2.75, 3.05) is 17.2 Å². The molecule has 44 heavy (non-hydrogen) atoms. The number of para-hydroxylation sites is 1. The molecule has 1 fully saturated rings. The number of benzene rings is 4. The SMILES string of the molecule is CCC1CC(OC(=O)O)CCN1C(=O)c1cc(NC(=O)Nc2ccccc2)ccc1OC(c1ccccc1)c1ccccc1. The number of piperidine rings is 1. The van der Waals surface area contributed by atoms with Gasteiger partial charge in [-0.3, -0.25) is 4.79 Å². The summed E-state index contributed by atoms with van der Waals surface area (Å²) in [6.07, 6.45) is -0.887. The van der Waals surface area contributed by atoms with Crippen molar-refractivity contribution in [3.05, 3.63) is 126 Å². The lowest BCUT2D eigenvalue weighted by Crippen LogP contribution is -2.48. The minimum Gasteiger partial charge on any atom is -0.480 e. The summed E-state index contributed by atoms with van der Waals surface area (Å²) in [7, 11) is 0. The Hall–Kier alpha value is -5.31. The minimum absolute atomic E-state index is 0.231. The van der Waals surface area contributed by atoms with E-state index in [1.165, 1.54) is 0 Å². The summed E-state index contributed by atoms with van der Waals surface area (Å²) in [6, 6.07) is 32.9. The number of rotatable bonds is 9. The van der Waals surface area contributed by atoms with E-state index in [-0.39, 0.29) is 17.5 Å². The van der Waals surface area contributed by atoms with E-state index in [2.05, 4.69) is 10.6 Å². The number of nitrogens with one attached hydrogen (secondary N) is 2. The number of ether oxygens (including phenoxy) is 2. The lowest BCUT2D eigenvalue weighted by atomic mass is 9.96. The highest BCUT2D eigenvalue weighted by Crippen LogP contribution is 2.34. The fraction of sp³-hybridized carbons (Fsp3) is 0.229. The van der Waals surface area contributed by atoms with Crippen LogP contribution in [0.4, 0.5) is 21.0 Å². The van der Waals surface area contributed by atoms with Gasteiger partial charge in [-0.2, -0.15) is 0 Å². The Morgan fingerprint density at radius 1 is 0.841 bits per heavy atom. The summed E-state index contributed by atoms with van der Waals surface area (Å²) in [4.78, 5) is 40.0. The first-order valence-corrected chi connectivity index (χ1v) is 14.7. The second-order valence-corrected chi connectivity index (χ2v) is 10.6. The highest BCUT2D eigenvalue weighted by Gasteiger charge is 2.34. The van der Waals surface area contributed by atoms with Crippen LogP contribution >= 0.6 is 0 Å². The Labute approximate surface area is 256 Å². The van der Waals surface area contributed by atoms with E-state index in [1.54, 1.807) is 35.2 Å². The molecule has 1 heterocycles. The third-order valence-electron chi connectivity index (χ3n) is 7.62. The molecule has 2 atom stereocenters. The largest absolute Gasteiger partial charge is 0.506 e. The maximum absolute atomic E-state index is 14.3. The van der Waals surface area contributed by atoms with E-state index < -0.39 is 24.4 Å². The fourth-order valence-corrected chi connectivity index (χ4v) is 5.48. The predicted molar refractivity (Wildman–Crippen MR) is 168 cm³/mol. The van der Waals surface area contributed by atoms with Crippen LogP contribution < -0.4 is 15.4 Å². The molecule has 0 bridgehead atoms. The average molecular weight is 594 g/mol. The van der Waals surface area contributed by atoms with Gasteiger partial charge in [0, 0.05) is 36.8 Å². The van der Waals surface area contributed by atoms with Gasteiger partial charge in [0.05, 0.1) is 5.56 Å². The van der Waals surface area contributed by atoms with E-state index in [1.807, 2.05) is 85.8 Å². The van der Waals surface area contributed by atoms with Gasteiger partial charge in [-0.15, -0.1) is 0 Å². The molecule has 2 unspecified atom stereocenters. The number of hydrogen-bond donors (Lipinski definition) is 3. The van der Waals surface area contributed by atoms with Crippen LogP contribution in [0.5, 0.6) is 5.75 Å². The van der Waals surface area contributed by atoms with Gasteiger partial charge in [0.15, 0.2) is 0 Å². The third-order valence-corrected chi connectivity index (χ3v) is 7.62. The van der Waals surface area contributed by atoms with E-state index >= 15 is 0 Å². The van der Waals surface area contributed by atoms with Crippen LogP contribution in [0.25, 0.3) is 0 Å². The quantitative estimate of drug-likeness (QED) is 0.172. The lowest BCUT2D eigenvalue weighted by molar-refractivity contribution is 0.00207. The minimum atomic E-state index is -1.32. The monoisotopic (exact) mass is 593 g/mol. The highest BCUT2D eigenvalue weighted by molar-refractivity contribution is 6.02. The summed E-state index contributed by atoms with van der Waals surface area (Å²) in [5, 5.41) is 14.7. The van der Waals surface area contributed by atoms with Gasteiger partial charge in [-0.05, 0) is 47.9 Å². The normalized spacial score (nSPS) is 16.2. The predicted octanol–water partition coefficient (Wildman–Crippen LogP) is 7.58. The van der Waals surface area contributed by atoms with E-state index in [9.17, 15) is 14.4 Å². The maximum Gasteiger partial charge on any atom is 0.506 e. The Kier molecular flexibility index (Phi) is 9.76. The van der Waals surface area contributed by atoms with Crippen molar-refractivity contribution < 1.29 is 29.0 Å². The molecular weight excluding hydrogens is 558 g/mol. The van der Waals surface area contributed by atoms with Crippen molar-refractivity contribution in [1.82, 2.24) is 4.90 Å². The topological polar surface area (TPSA) is 117 Å². The van der Waals surface area contributed by atoms with Gasteiger partial charge < -0.3 is 30.1 Å². The molecule has 0 aliphatic carbocycles. The second-order valence-electron chi connectivity index (χ2n) is 10.6. The standard InChI is InChI=1S/C35H35N3O6/c1-2-28-23-29(43-35(41)42)20-21-38(28)33(39)30-22-27(37-34(40)36-26-16-10-5-11-17-26)18-19-31(30)44-32(24-12-6-3-7-13-24)25-14-8-4-9-15-25/h3-19,22,28-29,32H,2,20-21,23H2,1H3,(H,41,42)(H2,36,37,40). The Morgan fingerprint density at radius 3 is 2.02 bits per heavy atom. The number of anilines is 2. The van der Waals surface area contributed by atoms with Crippen molar-refractivity contribution in [2.45, 2.75) is 44.4 Å². The van der Waals surface area contributed by atoms with Crippen LogP contribution in [0.1, 0.15) is 53.8 Å². The zero-order valence-electron chi connectivity index (χ0n) is 24.4. The number of carbonyl (C=O) groups is 3. The fourth-order valence-electron chi connectivity index (χ4n) is 5.48. The van der Waals surface area contributed by atoms with E-state index in [4.69, 9.17) is 14.6 Å². The molecule has 3 amide bonds. The number of carbonyl (C=O) groups excluding carboxylic acids is 2. The summed E-state index contributed by atoms with van der Waals surface area (Å²) in [6.45, 7) is 2.28. The molecule has 5 rings (SSSR count). The molecule has 4 aromatic carbocycles. The molecule has 9 heteroatoms. The number of urea groups is 1. The van der Waals surface area contributed by atoms with E-state index in [0.717, 1.165) is 11.1 Å². The van der Waals surface area contributed by atoms with Crippen molar-refractivity contribution in [1.29, 1.82) is 0 Å². The van der Waals surface area contributed by atoms with Crippen molar-refractivity contribution in [3.63, 3.8) is 0 Å². The zero-order chi connectivity index (χ0) is 30.9. The van der Waals surface area contributed by atoms with E-state index in [0.29, 0.717) is 42.9 Å². The zero-order valence-corrected chi connectivity index (χ0v) is 24.4. The first-order valence-electron chi connectivity index (χ1n) is 14.7. The molecule has 0 aromatic heterocycles. The molecule has 1 aliphatic heterocycles. The Bertz CT molecular complexity index is 1530. The summed E-state index contributed by atoms with van der Waals surface area (Å²) in [5.74, 6) is 0.0908. The maximum atomic E-state index is 14.3. The number of carboxylic acid groups (broad SMARTS) is 1. The van der Waals surface area contributed by atoms with Gasteiger partial charge in [-0.1, -0.05) is 85.8 Å². The Balaban J connectivity index is 1.48. The number of nitrogens with zero attached hydrogens (tertiary/aromatic N) is 1. The number of hydrogen-bond acceptors (Lipinski definition) is 5. The molecule has 0 spiro atoms. The second kappa shape index (κ2) is 14.2. The van der Waals surface area contributed by atoms with Crippen LogP contribution in [0.15, 0.2) is 109 Å².